The van der Waals surface area contributed by atoms with Gasteiger partial charge in [0, 0.05) is 30.8 Å². The summed E-state index contributed by atoms with van der Waals surface area (Å²) in [7, 11) is 3.10. The fraction of sp³-hybridized carbons (Fsp3) is 0.351. The maximum absolute atomic E-state index is 15.0. The lowest BCUT2D eigenvalue weighted by Crippen LogP contribution is -2.49. The van der Waals surface area contributed by atoms with Crippen molar-refractivity contribution in [2.24, 2.45) is 0 Å². The summed E-state index contributed by atoms with van der Waals surface area (Å²) in [6.45, 7) is 7.18. The number of hydrogen-bond acceptors (Lipinski definition) is 9. The second kappa shape index (κ2) is 14.2. The molecule has 1 fully saturated rings. The largest absolute Gasteiger partial charge is 0.497 e. The minimum atomic E-state index is -0.768. The van der Waals surface area contributed by atoms with E-state index >= 15 is 0 Å². The molecule has 2 aromatic heterocycles. The number of fused-ring (bicyclic) bond motifs is 1. The minimum Gasteiger partial charge on any atom is -0.497 e. The highest BCUT2D eigenvalue weighted by atomic mass is 19.1. The van der Waals surface area contributed by atoms with Crippen LogP contribution in [0, 0.1) is 11.6 Å². The van der Waals surface area contributed by atoms with Crippen LogP contribution in [0.4, 0.5) is 30.8 Å². The summed E-state index contributed by atoms with van der Waals surface area (Å²) in [5.41, 5.74) is 1.77. The van der Waals surface area contributed by atoms with Crippen molar-refractivity contribution in [2.45, 2.75) is 58.3 Å². The van der Waals surface area contributed by atoms with E-state index in [1.54, 1.807) is 43.5 Å². The molecule has 50 heavy (non-hydrogen) atoms. The van der Waals surface area contributed by atoms with Crippen LogP contribution in [-0.4, -0.2) is 65.8 Å². The van der Waals surface area contributed by atoms with Crippen molar-refractivity contribution in [2.75, 3.05) is 37.5 Å². The van der Waals surface area contributed by atoms with Crippen molar-refractivity contribution in [3.63, 3.8) is 0 Å². The number of methoxy groups -OCH3 is 2. The number of hydrogen-bond donors (Lipinski definition) is 2. The molecule has 0 spiro atoms. The molecule has 2 aliphatic heterocycles. The number of aromatic nitrogens is 2. The van der Waals surface area contributed by atoms with E-state index in [9.17, 15) is 18.4 Å². The van der Waals surface area contributed by atoms with Crippen LogP contribution in [0.1, 0.15) is 55.2 Å². The fourth-order valence-corrected chi connectivity index (χ4v) is 6.24. The van der Waals surface area contributed by atoms with Gasteiger partial charge in [0.2, 0.25) is 0 Å². The van der Waals surface area contributed by atoms with Crippen molar-refractivity contribution >= 4 is 29.2 Å². The summed E-state index contributed by atoms with van der Waals surface area (Å²) >= 11 is 0. The molecular weight excluding hydrogens is 646 g/mol. The van der Waals surface area contributed by atoms with Gasteiger partial charge in [0.05, 0.1) is 67.4 Å². The number of rotatable bonds is 9. The van der Waals surface area contributed by atoms with E-state index in [1.165, 1.54) is 24.3 Å². The number of amides is 2. The number of halogens is 2. The van der Waals surface area contributed by atoms with Crippen LogP contribution in [0.2, 0.25) is 0 Å². The maximum atomic E-state index is 15.0. The highest BCUT2D eigenvalue weighted by Gasteiger charge is 2.34. The first kappa shape index (κ1) is 34.4. The van der Waals surface area contributed by atoms with Crippen molar-refractivity contribution in [3.05, 3.63) is 89.2 Å². The van der Waals surface area contributed by atoms with E-state index in [0.717, 1.165) is 30.6 Å². The molecule has 1 atom stereocenters. The predicted octanol–water partition coefficient (Wildman–Crippen LogP) is 6.83. The van der Waals surface area contributed by atoms with Gasteiger partial charge in [-0.25, -0.2) is 23.5 Å². The van der Waals surface area contributed by atoms with Gasteiger partial charge in [-0.1, -0.05) is 6.07 Å². The first-order chi connectivity index (χ1) is 23.9. The number of carbonyl (C=O) groups is 2. The van der Waals surface area contributed by atoms with E-state index < -0.39 is 23.3 Å². The Hall–Kier alpha value is -5.46. The monoisotopic (exact) mass is 686 g/mol. The average Bonchev–Trinajstić information content (AvgIpc) is 3.39. The molecule has 6 rings (SSSR count). The molecule has 2 N–H and O–H groups in total. The van der Waals surface area contributed by atoms with Gasteiger partial charge in [0.25, 0.3) is 5.91 Å². The van der Waals surface area contributed by atoms with Crippen molar-refractivity contribution < 1.29 is 32.6 Å². The molecule has 13 heteroatoms. The van der Waals surface area contributed by atoms with Gasteiger partial charge in [-0.2, -0.15) is 0 Å². The SMILES string of the molecule is COc1ccc(CN2Cc3nc(-c4c(F)cccc4F)cc(Nc4ccc(N5CCC[C@H](NC(=O)OC(C)(C)C)C5)cn4)c3C2=O)c(OC)c1. The normalized spacial score (nSPS) is 15.8. The Morgan fingerprint density at radius 2 is 1.80 bits per heavy atom. The van der Waals surface area contributed by atoms with Gasteiger partial charge in [-0.15, -0.1) is 0 Å². The smallest absolute Gasteiger partial charge is 0.407 e. The third-order valence-corrected chi connectivity index (χ3v) is 8.53. The lowest BCUT2D eigenvalue weighted by Gasteiger charge is -2.35. The summed E-state index contributed by atoms with van der Waals surface area (Å²) in [6.07, 6.45) is 2.97. The number of pyridine rings is 2. The van der Waals surface area contributed by atoms with Crippen molar-refractivity contribution in [1.29, 1.82) is 0 Å². The molecule has 0 unspecified atom stereocenters. The standard InChI is InChI=1S/C37H40F2N6O5/c1-37(2,3)50-36(47)41-23-8-7-15-44(20-23)24-12-14-32(40-18-24)43-29-17-28(33-26(38)9-6-10-27(33)39)42-30-21-45(35(46)34(29)30)19-22-11-13-25(48-4)16-31(22)49-5/h6,9-14,16-18,23H,7-8,15,19-21H2,1-5H3,(H,41,47)(H,40,42,43)/t23-/m0/s1. The third kappa shape index (κ3) is 7.56. The molecule has 262 valence electrons. The first-order valence-corrected chi connectivity index (χ1v) is 16.4. The predicted molar refractivity (Wildman–Crippen MR) is 185 cm³/mol. The van der Waals surface area contributed by atoms with Crippen molar-refractivity contribution in [1.82, 2.24) is 20.2 Å². The number of anilines is 3. The van der Waals surface area contributed by atoms with Gasteiger partial charge < -0.3 is 34.6 Å². The molecule has 0 radical (unpaired) electrons. The number of carbonyl (C=O) groups excluding carboxylic acids is 2. The van der Waals surface area contributed by atoms with Crippen LogP contribution >= 0.6 is 0 Å². The lowest BCUT2D eigenvalue weighted by molar-refractivity contribution is 0.0499. The Morgan fingerprint density at radius 3 is 2.48 bits per heavy atom. The fourth-order valence-electron chi connectivity index (χ4n) is 6.24. The highest BCUT2D eigenvalue weighted by Crippen LogP contribution is 2.37. The van der Waals surface area contributed by atoms with Crippen LogP contribution < -0.4 is 25.0 Å². The summed E-state index contributed by atoms with van der Waals surface area (Å²) in [5, 5.41) is 6.18. The van der Waals surface area contributed by atoms with Gasteiger partial charge in [0.1, 0.15) is 34.6 Å². The molecule has 11 nitrogen and oxygen atoms in total. The van der Waals surface area contributed by atoms with E-state index in [-0.39, 0.29) is 41.9 Å². The molecule has 0 aliphatic carbocycles. The van der Waals surface area contributed by atoms with Crippen LogP contribution in [0.15, 0.2) is 60.8 Å². The van der Waals surface area contributed by atoms with Gasteiger partial charge in [-0.05, 0) is 76.1 Å². The van der Waals surface area contributed by atoms with Gasteiger partial charge in [0.15, 0.2) is 0 Å². The zero-order chi connectivity index (χ0) is 35.6. The molecule has 0 saturated carbocycles. The third-order valence-electron chi connectivity index (χ3n) is 8.53. The zero-order valence-corrected chi connectivity index (χ0v) is 28.7. The molecule has 4 aromatic rings. The van der Waals surface area contributed by atoms with Gasteiger partial charge in [-0.3, -0.25) is 4.79 Å². The van der Waals surface area contributed by atoms with Crippen LogP contribution in [0.25, 0.3) is 11.3 Å². The second-order valence-electron chi connectivity index (χ2n) is 13.3. The van der Waals surface area contributed by atoms with Crippen LogP contribution in [0.3, 0.4) is 0 Å². The first-order valence-electron chi connectivity index (χ1n) is 16.4. The molecular formula is C37H40F2N6O5. The average molecular weight is 687 g/mol. The Labute approximate surface area is 289 Å². The Kier molecular flexibility index (Phi) is 9.76. The summed E-state index contributed by atoms with van der Waals surface area (Å²) in [5.74, 6) is -0.250. The number of nitrogens with zero attached hydrogens (tertiary/aromatic N) is 4. The zero-order valence-electron chi connectivity index (χ0n) is 28.7. The quantitative estimate of drug-likeness (QED) is 0.195. The van der Waals surface area contributed by atoms with E-state index in [4.69, 9.17) is 14.2 Å². The Bertz CT molecular complexity index is 1880. The second-order valence-corrected chi connectivity index (χ2v) is 13.3. The van der Waals surface area contributed by atoms with E-state index in [0.29, 0.717) is 35.2 Å². The Balaban J connectivity index is 1.26. The lowest BCUT2D eigenvalue weighted by atomic mass is 10.1. The van der Waals surface area contributed by atoms with Crippen LogP contribution in [-0.2, 0) is 17.8 Å². The topological polar surface area (TPSA) is 118 Å². The van der Waals surface area contributed by atoms with E-state index in [2.05, 4.69) is 25.5 Å². The molecule has 0 bridgehead atoms. The highest BCUT2D eigenvalue weighted by molar-refractivity contribution is 6.04. The minimum absolute atomic E-state index is 0.0481. The summed E-state index contributed by atoms with van der Waals surface area (Å²) in [4.78, 5) is 39.2. The summed E-state index contributed by atoms with van der Waals surface area (Å²) < 4.78 is 46.2. The molecule has 2 aliphatic rings. The van der Waals surface area contributed by atoms with Crippen molar-refractivity contribution in [3.8, 4) is 22.8 Å². The number of alkyl carbamates (subject to hydrolysis) is 1. The maximum Gasteiger partial charge on any atom is 0.407 e. The molecule has 1 saturated heterocycles. The molecule has 2 amide bonds. The number of piperidine rings is 1. The number of nitrogens with one attached hydrogen (secondary N) is 2. The Morgan fingerprint density at radius 1 is 1.02 bits per heavy atom. The van der Waals surface area contributed by atoms with Gasteiger partial charge >= 0.3 is 6.09 Å². The number of ether oxygens (including phenoxy) is 3. The molecule has 4 heterocycles. The van der Waals surface area contributed by atoms with E-state index in [1.807, 2.05) is 32.9 Å². The summed E-state index contributed by atoms with van der Waals surface area (Å²) in [6, 6.07) is 14.0. The van der Waals surface area contributed by atoms with Crippen LogP contribution in [0.5, 0.6) is 11.5 Å². The number of benzene rings is 2. The molecule has 2 aromatic carbocycles.